The number of Topliss-reactive ketones (excluding diaryl/α,β-unsaturated/α-hetero) is 1. The number of nitrogens with zero attached hydrogens (tertiary/aromatic N) is 2. The van der Waals surface area contributed by atoms with Crippen LogP contribution in [0.5, 0.6) is 5.75 Å². The molecule has 0 saturated carbocycles. The van der Waals surface area contributed by atoms with Crippen molar-refractivity contribution in [1.82, 2.24) is 9.13 Å². The third kappa shape index (κ3) is 3.40. The van der Waals surface area contributed by atoms with Crippen LogP contribution in [-0.2, 0) is 13.6 Å². The first-order valence-corrected chi connectivity index (χ1v) is 8.04. The molecule has 0 aliphatic rings. The Morgan fingerprint density at radius 1 is 1.08 bits per heavy atom. The van der Waals surface area contributed by atoms with Crippen molar-refractivity contribution in [2.45, 2.75) is 13.5 Å². The van der Waals surface area contributed by atoms with E-state index in [-0.39, 0.29) is 17.9 Å². The van der Waals surface area contributed by atoms with Crippen LogP contribution >= 0.6 is 0 Å². The van der Waals surface area contributed by atoms with Gasteiger partial charge in [-0.3, -0.25) is 10.2 Å². The summed E-state index contributed by atoms with van der Waals surface area (Å²) < 4.78 is 8.56. The Kier molecular flexibility index (Phi) is 4.57. The van der Waals surface area contributed by atoms with Gasteiger partial charge in [-0.2, -0.15) is 0 Å². The van der Waals surface area contributed by atoms with Crippen molar-refractivity contribution >= 4 is 5.78 Å². The number of hydrogen-bond acceptors (Lipinski definition) is 3. The molecule has 0 unspecified atom stereocenters. The summed E-state index contributed by atoms with van der Waals surface area (Å²) in [5.41, 5.74) is 4.02. The molecule has 1 N–H and O–H groups in total. The van der Waals surface area contributed by atoms with Gasteiger partial charge in [0.05, 0.1) is 19.3 Å². The van der Waals surface area contributed by atoms with Gasteiger partial charge in [-0.15, -0.1) is 0 Å². The molecule has 5 nitrogen and oxygen atoms in total. The highest BCUT2D eigenvalue weighted by atomic mass is 16.5. The van der Waals surface area contributed by atoms with E-state index in [0.29, 0.717) is 11.3 Å². The molecule has 0 fully saturated rings. The van der Waals surface area contributed by atoms with Crippen molar-refractivity contribution in [3.05, 3.63) is 71.5 Å². The summed E-state index contributed by atoms with van der Waals surface area (Å²) in [5.74, 6) is 0.675. The minimum atomic E-state index is -0.0396. The predicted molar refractivity (Wildman–Crippen MR) is 96.8 cm³/mol. The number of carbonyl (C=O) groups is 1. The number of rotatable bonds is 5. The SMILES string of the molecule is COc1ccc(C(=O)Cn2cc(-c3ccc(C)cc3)n(C)c2=N)cc1. The highest BCUT2D eigenvalue weighted by Crippen LogP contribution is 2.18. The number of hydrogen-bond donors (Lipinski definition) is 1. The normalized spacial score (nSPS) is 10.7. The van der Waals surface area contributed by atoms with Crippen molar-refractivity contribution in [3.8, 4) is 17.0 Å². The molecule has 25 heavy (non-hydrogen) atoms. The fourth-order valence-electron chi connectivity index (χ4n) is 2.74. The largest absolute Gasteiger partial charge is 0.497 e. The number of imidazole rings is 1. The van der Waals surface area contributed by atoms with E-state index < -0.39 is 0 Å². The quantitative estimate of drug-likeness (QED) is 0.728. The van der Waals surface area contributed by atoms with E-state index in [0.717, 1.165) is 11.3 Å². The molecule has 3 rings (SSSR count). The fourth-order valence-corrected chi connectivity index (χ4v) is 2.74. The first-order chi connectivity index (χ1) is 12.0. The van der Waals surface area contributed by atoms with Gasteiger partial charge in [-0.25, -0.2) is 0 Å². The average Bonchev–Trinajstić information content (AvgIpc) is 2.91. The van der Waals surface area contributed by atoms with Crippen LogP contribution in [0, 0.1) is 12.3 Å². The highest BCUT2D eigenvalue weighted by Gasteiger charge is 2.12. The van der Waals surface area contributed by atoms with Gasteiger partial charge in [0, 0.05) is 18.8 Å². The smallest absolute Gasteiger partial charge is 0.202 e. The lowest BCUT2D eigenvalue weighted by molar-refractivity contribution is 0.0970. The lowest BCUT2D eigenvalue weighted by Crippen LogP contribution is -2.25. The van der Waals surface area contributed by atoms with Gasteiger partial charge in [0.25, 0.3) is 0 Å². The third-order valence-electron chi connectivity index (χ3n) is 4.30. The van der Waals surface area contributed by atoms with E-state index >= 15 is 0 Å². The zero-order valence-electron chi connectivity index (χ0n) is 14.6. The van der Waals surface area contributed by atoms with Crippen LogP contribution in [0.1, 0.15) is 15.9 Å². The summed E-state index contributed by atoms with van der Waals surface area (Å²) in [6, 6.07) is 15.2. The van der Waals surface area contributed by atoms with Crippen molar-refractivity contribution in [2.24, 2.45) is 7.05 Å². The Hall–Kier alpha value is -3.08. The van der Waals surface area contributed by atoms with E-state index in [1.807, 2.05) is 44.4 Å². The second-order valence-electron chi connectivity index (χ2n) is 6.04. The third-order valence-corrected chi connectivity index (χ3v) is 4.30. The first kappa shape index (κ1) is 16.8. The van der Waals surface area contributed by atoms with Gasteiger partial charge in [0.2, 0.25) is 5.62 Å². The standard InChI is InChI=1S/C20H21N3O2/c1-14-4-6-15(7-5-14)18-12-23(20(21)22(18)2)13-19(24)16-8-10-17(25-3)11-9-16/h4-12,21H,13H2,1-3H3. The summed E-state index contributed by atoms with van der Waals surface area (Å²) in [5, 5.41) is 8.28. The van der Waals surface area contributed by atoms with Crippen LogP contribution in [0.15, 0.2) is 54.7 Å². The monoisotopic (exact) mass is 335 g/mol. The van der Waals surface area contributed by atoms with Gasteiger partial charge < -0.3 is 13.9 Å². The minimum Gasteiger partial charge on any atom is -0.497 e. The Morgan fingerprint density at radius 2 is 1.72 bits per heavy atom. The van der Waals surface area contributed by atoms with E-state index in [2.05, 4.69) is 0 Å². The van der Waals surface area contributed by atoms with Crippen molar-refractivity contribution in [3.63, 3.8) is 0 Å². The Labute approximate surface area is 146 Å². The number of ketones is 1. The summed E-state index contributed by atoms with van der Waals surface area (Å²) in [7, 11) is 3.43. The molecule has 2 aromatic carbocycles. The predicted octanol–water partition coefficient (Wildman–Crippen LogP) is 3.17. The minimum absolute atomic E-state index is 0.0396. The maximum absolute atomic E-state index is 12.5. The maximum Gasteiger partial charge on any atom is 0.202 e. The van der Waals surface area contributed by atoms with Crippen LogP contribution in [0.25, 0.3) is 11.3 Å². The molecule has 0 amide bonds. The van der Waals surface area contributed by atoms with E-state index in [9.17, 15) is 4.79 Å². The van der Waals surface area contributed by atoms with Crippen LogP contribution in [0.3, 0.4) is 0 Å². The van der Waals surface area contributed by atoms with Gasteiger partial charge in [0.15, 0.2) is 5.78 Å². The number of aryl methyl sites for hydroxylation is 1. The molecule has 0 aliphatic carbocycles. The number of benzene rings is 2. The van der Waals surface area contributed by atoms with Gasteiger partial charge >= 0.3 is 0 Å². The van der Waals surface area contributed by atoms with Crippen LogP contribution in [0.4, 0.5) is 0 Å². The topological polar surface area (TPSA) is 60.0 Å². The summed E-state index contributed by atoms with van der Waals surface area (Å²) in [6.45, 7) is 2.17. The van der Waals surface area contributed by atoms with Crippen LogP contribution < -0.4 is 10.4 Å². The van der Waals surface area contributed by atoms with E-state index in [4.69, 9.17) is 10.1 Å². The lowest BCUT2D eigenvalue weighted by atomic mass is 10.1. The van der Waals surface area contributed by atoms with Crippen LogP contribution in [0.2, 0.25) is 0 Å². The second-order valence-corrected chi connectivity index (χ2v) is 6.04. The zero-order valence-corrected chi connectivity index (χ0v) is 14.6. The molecule has 1 aromatic heterocycles. The van der Waals surface area contributed by atoms with Crippen molar-refractivity contribution in [1.29, 1.82) is 5.41 Å². The molecule has 128 valence electrons. The first-order valence-electron chi connectivity index (χ1n) is 8.04. The van der Waals surface area contributed by atoms with E-state index in [1.165, 1.54) is 5.56 Å². The lowest BCUT2D eigenvalue weighted by Gasteiger charge is -2.04. The molecule has 0 bridgehead atoms. The molecule has 0 atom stereocenters. The molecule has 1 heterocycles. The van der Waals surface area contributed by atoms with Gasteiger partial charge in [-0.05, 0) is 36.8 Å². The molecular formula is C20H21N3O2. The van der Waals surface area contributed by atoms with E-state index in [1.54, 1.807) is 40.5 Å². The number of aromatic nitrogens is 2. The molecule has 0 aliphatic heterocycles. The number of ether oxygens (including phenoxy) is 1. The number of methoxy groups -OCH3 is 1. The Bertz CT molecular complexity index is 948. The van der Waals surface area contributed by atoms with Crippen LogP contribution in [-0.4, -0.2) is 22.0 Å². The Morgan fingerprint density at radius 3 is 2.32 bits per heavy atom. The van der Waals surface area contributed by atoms with Gasteiger partial charge in [0.1, 0.15) is 5.75 Å². The molecule has 0 saturated heterocycles. The molecular weight excluding hydrogens is 314 g/mol. The fraction of sp³-hybridized carbons (Fsp3) is 0.200. The number of carbonyl (C=O) groups excluding carboxylic acids is 1. The van der Waals surface area contributed by atoms with Crippen molar-refractivity contribution in [2.75, 3.05) is 7.11 Å². The van der Waals surface area contributed by atoms with Gasteiger partial charge in [-0.1, -0.05) is 29.8 Å². The summed E-state index contributed by atoms with van der Waals surface area (Å²) in [4.78, 5) is 12.5. The zero-order chi connectivity index (χ0) is 18.0. The molecule has 0 radical (unpaired) electrons. The Balaban J connectivity index is 1.87. The highest BCUT2D eigenvalue weighted by molar-refractivity contribution is 5.96. The molecule has 5 heteroatoms. The summed E-state index contributed by atoms with van der Waals surface area (Å²) in [6.07, 6.45) is 1.86. The molecule has 0 spiro atoms. The summed E-state index contributed by atoms with van der Waals surface area (Å²) >= 11 is 0. The average molecular weight is 335 g/mol. The van der Waals surface area contributed by atoms with Crippen molar-refractivity contribution < 1.29 is 9.53 Å². The molecule has 3 aromatic rings. The number of nitrogens with one attached hydrogen (secondary N) is 1. The maximum atomic E-state index is 12.5. The second kappa shape index (κ2) is 6.81.